The average Bonchev–Trinajstić information content (AvgIpc) is 1.99. The summed E-state index contributed by atoms with van der Waals surface area (Å²) >= 11 is 3.38. The molecule has 0 radical (unpaired) electrons. The van der Waals surface area contributed by atoms with Crippen LogP contribution >= 0.6 is 15.9 Å². The van der Waals surface area contributed by atoms with E-state index in [0.29, 0.717) is 6.42 Å². The summed E-state index contributed by atoms with van der Waals surface area (Å²) in [6.07, 6.45) is 1.33. The van der Waals surface area contributed by atoms with Crippen molar-refractivity contribution in [2.24, 2.45) is 0 Å². The fourth-order valence-corrected chi connectivity index (χ4v) is 1.24. The van der Waals surface area contributed by atoms with Crippen molar-refractivity contribution in [3.63, 3.8) is 0 Å². The van der Waals surface area contributed by atoms with E-state index in [9.17, 15) is 4.79 Å². The number of hydrogen-bond acceptors (Lipinski definition) is 2. The SMILES string of the molecule is CCC(=O)O[C@H](CC)[C@@H](C)Br. The van der Waals surface area contributed by atoms with Gasteiger partial charge in [-0.25, -0.2) is 0 Å². The standard InChI is InChI=1S/C8H15BrO2/c1-4-7(6(3)9)11-8(10)5-2/h6-7H,4-5H2,1-3H3/t6-,7-/m1/s1. The summed E-state index contributed by atoms with van der Waals surface area (Å²) < 4.78 is 5.12. The van der Waals surface area contributed by atoms with Crippen molar-refractivity contribution in [2.45, 2.75) is 44.5 Å². The van der Waals surface area contributed by atoms with Gasteiger partial charge in [0, 0.05) is 11.2 Å². The summed E-state index contributed by atoms with van der Waals surface area (Å²) in [5, 5.41) is 0. The van der Waals surface area contributed by atoms with E-state index in [1.807, 2.05) is 13.8 Å². The second-order valence-corrected chi connectivity index (χ2v) is 3.91. The topological polar surface area (TPSA) is 26.3 Å². The zero-order chi connectivity index (χ0) is 8.85. The Balaban J connectivity index is 3.78. The lowest BCUT2D eigenvalue weighted by Gasteiger charge is -2.17. The number of carbonyl (C=O) groups excluding carboxylic acids is 1. The van der Waals surface area contributed by atoms with Crippen LogP contribution in [0.3, 0.4) is 0 Å². The van der Waals surface area contributed by atoms with Crippen LogP contribution in [0.2, 0.25) is 0 Å². The van der Waals surface area contributed by atoms with Gasteiger partial charge in [0.1, 0.15) is 6.10 Å². The quantitative estimate of drug-likeness (QED) is 0.540. The van der Waals surface area contributed by atoms with Crippen LogP contribution in [0.1, 0.15) is 33.6 Å². The molecule has 0 spiro atoms. The molecular formula is C8H15BrO2. The summed E-state index contributed by atoms with van der Waals surface area (Å²) in [7, 11) is 0. The molecule has 66 valence electrons. The molecule has 3 heteroatoms. The minimum Gasteiger partial charge on any atom is -0.461 e. The van der Waals surface area contributed by atoms with E-state index in [2.05, 4.69) is 15.9 Å². The van der Waals surface area contributed by atoms with Gasteiger partial charge in [-0.05, 0) is 13.3 Å². The van der Waals surface area contributed by atoms with E-state index >= 15 is 0 Å². The van der Waals surface area contributed by atoms with Crippen molar-refractivity contribution in [2.75, 3.05) is 0 Å². The van der Waals surface area contributed by atoms with Crippen molar-refractivity contribution in [1.29, 1.82) is 0 Å². The van der Waals surface area contributed by atoms with Crippen LogP contribution in [0.5, 0.6) is 0 Å². The predicted octanol–water partition coefficient (Wildman–Crippen LogP) is 2.50. The van der Waals surface area contributed by atoms with Gasteiger partial charge >= 0.3 is 5.97 Å². The largest absolute Gasteiger partial charge is 0.461 e. The summed E-state index contributed by atoms with van der Waals surface area (Å²) in [4.78, 5) is 11.1. The van der Waals surface area contributed by atoms with Gasteiger partial charge in [-0.2, -0.15) is 0 Å². The molecule has 0 bridgehead atoms. The third-order valence-corrected chi connectivity index (χ3v) is 2.08. The molecular weight excluding hydrogens is 208 g/mol. The third-order valence-electron chi connectivity index (χ3n) is 1.49. The minimum absolute atomic E-state index is 0.0162. The number of carbonyl (C=O) groups is 1. The van der Waals surface area contributed by atoms with Crippen LogP contribution in [0.15, 0.2) is 0 Å². The van der Waals surface area contributed by atoms with E-state index in [1.54, 1.807) is 6.92 Å². The smallest absolute Gasteiger partial charge is 0.305 e. The van der Waals surface area contributed by atoms with Crippen molar-refractivity contribution < 1.29 is 9.53 Å². The summed E-state index contributed by atoms with van der Waals surface area (Å²) in [6.45, 7) is 5.79. The highest BCUT2D eigenvalue weighted by molar-refractivity contribution is 9.09. The molecule has 0 unspecified atom stereocenters. The Bertz CT molecular complexity index is 123. The maximum atomic E-state index is 10.8. The first-order valence-electron chi connectivity index (χ1n) is 3.95. The Morgan fingerprint density at radius 1 is 1.55 bits per heavy atom. The number of halogens is 1. The molecule has 0 N–H and O–H groups in total. The fourth-order valence-electron chi connectivity index (χ4n) is 0.754. The van der Waals surface area contributed by atoms with Gasteiger partial charge in [0.05, 0.1) is 0 Å². The molecule has 0 saturated heterocycles. The van der Waals surface area contributed by atoms with Crippen LogP contribution < -0.4 is 0 Å². The second-order valence-electron chi connectivity index (χ2n) is 2.47. The minimum atomic E-state index is -0.122. The van der Waals surface area contributed by atoms with E-state index < -0.39 is 0 Å². The predicted molar refractivity (Wildman–Crippen MR) is 48.9 cm³/mol. The van der Waals surface area contributed by atoms with Crippen molar-refractivity contribution in [1.82, 2.24) is 0 Å². The van der Waals surface area contributed by atoms with E-state index in [1.165, 1.54) is 0 Å². The molecule has 11 heavy (non-hydrogen) atoms. The van der Waals surface area contributed by atoms with Gasteiger partial charge in [-0.15, -0.1) is 0 Å². The van der Waals surface area contributed by atoms with E-state index in [4.69, 9.17) is 4.74 Å². The Kier molecular flexibility index (Phi) is 5.56. The van der Waals surface area contributed by atoms with Gasteiger partial charge in [0.15, 0.2) is 0 Å². The summed E-state index contributed by atoms with van der Waals surface area (Å²) in [5.74, 6) is -0.122. The molecule has 2 atom stereocenters. The lowest BCUT2D eigenvalue weighted by Crippen LogP contribution is -2.24. The molecule has 0 aromatic carbocycles. The number of rotatable bonds is 4. The Morgan fingerprint density at radius 2 is 2.09 bits per heavy atom. The lowest BCUT2D eigenvalue weighted by atomic mass is 10.2. The summed E-state index contributed by atoms with van der Waals surface area (Å²) in [6, 6.07) is 0. The van der Waals surface area contributed by atoms with E-state index in [0.717, 1.165) is 6.42 Å². The molecule has 0 heterocycles. The molecule has 0 rings (SSSR count). The van der Waals surface area contributed by atoms with Crippen molar-refractivity contribution in [3.05, 3.63) is 0 Å². The highest BCUT2D eigenvalue weighted by atomic mass is 79.9. The molecule has 0 saturated carbocycles. The average molecular weight is 223 g/mol. The van der Waals surface area contributed by atoms with E-state index in [-0.39, 0.29) is 16.9 Å². The Morgan fingerprint density at radius 3 is 2.36 bits per heavy atom. The molecule has 0 amide bonds. The molecule has 0 aliphatic heterocycles. The maximum absolute atomic E-state index is 10.8. The number of esters is 1. The lowest BCUT2D eigenvalue weighted by molar-refractivity contribution is -0.148. The molecule has 0 aromatic heterocycles. The molecule has 0 aromatic rings. The Labute approximate surface area is 76.4 Å². The molecule has 0 fully saturated rings. The zero-order valence-corrected chi connectivity index (χ0v) is 8.85. The molecule has 2 nitrogen and oxygen atoms in total. The van der Waals surface area contributed by atoms with Crippen molar-refractivity contribution in [3.8, 4) is 0 Å². The Hall–Kier alpha value is -0.0500. The first-order valence-corrected chi connectivity index (χ1v) is 4.86. The highest BCUT2D eigenvalue weighted by Gasteiger charge is 2.15. The highest BCUT2D eigenvalue weighted by Crippen LogP contribution is 2.12. The van der Waals surface area contributed by atoms with Crippen LogP contribution in [0.4, 0.5) is 0 Å². The number of ether oxygens (including phenoxy) is 1. The van der Waals surface area contributed by atoms with Gasteiger partial charge < -0.3 is 4.74 Å². The third kappa shape index (κ3) is 4.40. The van der Waals surface area contributed by atoms with Crippen LogP contribution in [-0.2, 0) is 9.53 Å². The van der Waals surface area contributed by atoms with Gasteiger partial charge in [0.2, 0.25) is 0 Å². The first-order chi connectivity index (χ1) is 5.11. The van der Waals surface area contributed by atoms with Crippen LogP contribution in [0.25, 0.3) is 0 Å². The fraction of sp³-hybridized carbons (Fsp3) is 0.875. The second kappa shape index (κ2) is 5.58. The maximum Gasteiger partial charge on any atom is 0.305 e. The van der Waals surface area contributed by atoms with Crippen LogP contribution in [0, 0.1) is 0 Å². The van der Waals surface area contributed by atoms with Crippen molar-refractivity contribution >= 4 is 21.9 Å². The van der Waals surface area contributed by atoms with Crippen LogP contribution in [-0.4, -0.2) is 16.9 Å². The number of alkyl halides is 1. The number of hydrogen-bond donors (Lipinski definition) is 0. The first kappa shape index (κ1) is 11.0. The van der Waals surface area contributed by atoms with Gasteiger partial charge in [0.25, 0.3) is 0 Å². The normalized spacial score (nSPS) is 15.6. The monoisotopic (exact) mass is 222 g/mol. The van der Waals surface area contributed by atoms with Gasteiger partial charge in [-0.1, -0.05) is 29.8 Å². The molecule has 0 aliphatic carbocycles. The van der Waals surface area contributed by atoms with Gasteiger partial charge in [-0.3, -0.25) is 4.79 Å². The zero-order valence-electron chi connectivity index (χ0n) is 7.26. The summed E-state index contributed by atoms with van der Waals surface area (Å²) in [5.41, 5.74) is 0. The molecule has 0 aliphatic rings.